The Labute approximate surface area is 119 Å². The number of likely N-dealkylation sites (tertiary alicyclic amines) is 1. The van der Waals surface area contributed by atoms with Gasteiger partial charge in [0.25, 0.3) is 0 Å². The fourth-order valence-corrected chi connectivity index (χ4v) is 2.70. The highest BCUT2D eigenvalue weighted by molar-refractivity contribution is 9.10. The number of carboxylic acids is 1. The Bertz CT molecular complexity index is 483. The number of hydrogen-bond donors (Lipinski definition) is 2. The highest BCUT2D eigenvalue weighted by Gasteiger charge is 2.41. The van der Waals surface area contributed by atoms with Crippen molar-refractivity contribution >= 4 is 33.5 Å². The molecule has 6 heteroatoms. The SMILES string of the molecule is NC1(C(=O)O)CCN(Cc2cc(Cl)ccc2Br)C1. The van der Waals surface area contributed by atoms with E-state index in [1.165, 1.54) is 0 Å². The molecule has 0 aliphatic carbocycles. The minimum absolute atomic E-state index is 0.362. The second kappa shape index (κ2) is 5.17. The summed E-state index contributed by atoms with van der Waals surface area (Å²) in [5.74, 6) is -0.935. The van der Waals surface area contributed by atoms with Crippen LogP contribution < -0.4 is 5.73 Å². The standard InChI is InChI=1S/C12H14BrClN2O2/c13-10-2-1-9(14)5-8(10)6-16-4-3-12(15,7-16)11(17)18/h1-2,5H,3-4,6-7,15H2,(H,17,18). The van der Waals surface area contributed by atoms with E-state index in [9.17, 15) is 4.79 Å². The Hall–Kier alpha value is -0.620. The van der Waals surface area contributed by atoms with Gasteiger partial charge in [0.15, 0.2) is 0 Å². The van der Waals surface area contributed by atoms with E-state index in [-0.39, 0.29) is 0 Å². The number of carboxylic acid groups (broad SMARTS) is 1. The minimum Gasteiger partial charge on any atom is -0.480 e. The lowest BCUT2D eigenvalue weighted by Gasteiger charge is -2.20. The molecule has 1 saturated heterocycles. The maximum atomic E-state index is 11.1. The summed E-state index contributed by atoms with van der Waals surface area (Å²) in [5, 5.41) is 9.74. The average molecular weight is 334 g/mol. The first-order chi connectivity index (χ1) is 8.40. The van der Waals surface area contributed by atoms with Crippen molar-refractivity contribution < 1.29 is 9.90 Å². The van der Waals surface area contributed by atoms with E-state index in [0.717, 1.165) is 10.0 Å². The molecule has 0 radical (unpaired) electrons. The quantitative estimate of drug-likeness (QED) is 0.889. The molecule has 98 valence electrons. The van der Waals surface area contributed by atoms with Crippen molar-refractivity contribution in [3.8, 4) is 0 Å². The average Bonchev–Trinajstić information content (AvgIpc) is 2.67. The molecule has 1 atom stereocenters. The summed E-state index contributed by atoms with van der Waals surface area (Å²) in [4.78, 5) is 13.1. The third-order valence-electron chi connectivity index (χ3n) is 3.21. The monoisotopic (exact) mass is 332 g/mol. The molecule has 1 aromatic rings. The van der Waals surface area contributed by atoms with E-state index in [1.807, 2.05) is 23.1 Å². The van der Waals surface area contributed by atoms with Crippen LogP contribution in [-0.4, -0.2) is 34.6 Å². The topological polar surface area (TPSA) is 66.6 Å². The Kier molecular flexibility index (Phi) is 3.96. The number of rotatable bonds is 3. The van der Waals surface area contributed by atoms with E-state index in [4.69, 9.17) is 22.4 Å². The maximum Gasteiger partial charge on any atom is 0.325 e. The van der Waals surface area contributed by atoms with Crippen molar-refractivity contribution in [1.29, 1.82) is 0 Å². The molecule has 0 aromatic heterocycles. The van der Waals surface area contributed by atoms with Crippen molar-refractivity contribution in [1.82, 2.24) is 4.90 Å². The largest absolute Gasteiger partial charge is 0.480 e. The van der Waals surface area contributed by atoms with Crippen molar-refractivity contribution in [3.63, 3.8) is 0 Å². The molecule has 0 spiro atoms. The normalized spacial score (nSPS) is 24.4. The Balaban J connectivity index is 2.08. The fraction of sp³-hybridized carbons (Fsp3) is 0.417. The van der Waals surface area contributed by atoms with Crippen LogP contribution in [0.3, 0.4) is 0 Å². The maximum absolute atomic E-state index is 11.1. The summed E-state index contributed by atoms with van der Waals surface area (Å²) in [5.41, 5.74) is 5.75. The van der Waals surface area contributed by atoms with Gasteiger partial charge in [-0.15, -0.1) is 0 Å². The van der Waals surface area contributed by atoms with Gasteiger partial charge in [-0.25, -0.2) is 0 Å². The number of carbonyl (C=O) groups is 1. The molecule has 4 nitrogen and oxygen atoms in total. The lowest BCUT2D eigenvalue weighted by atomic mass is 10.0. The van der Waals surface area contributed by atoms with Gasteiger partial charge < -0.3 is 10.8 Å². The molecule has 1 unspecified atom stereocenters. The van der Waals surface area contributed by atoms with Gasteiger partial charge in [0, 0.05) is 29.1 Å². The van der Waals surface area contributed by atoms with Crippen LogP contribution >= 0.6 is 27.5 Å². The van der Waals surface area contributed by atoms with Crippen LogP contribution in [0.2, 0.25) is 5.02 Å². The molecule has 0 bridgehead atoms. The summed E-state index contributed by atoms with van der Waals surface area (Å²) in [6.45, 7) is 1.69. The Morgan fingerprint density at radius 1 is 1.61 bits per heavy atom. The van der Waals surface area contributed by atoms with Crippen LogP contribution in [0.15, 0.2) is 22.7 Å². The number of benzene rings is 1. The summed E-state index contributed by atoms with van der Waals surface area (Å²) in [7, 11) is 0. The van der Waals surface area contributed by atoms with E-state index in [2.05, 4.69) is 15.9 Å². The predicted molar refractivity (Wildman–Crippen MR) is 73.6 cm³/mol. The highest BCUT2D eigenvalue weighted by atomic mass is 79.9. The predicted octanol–water partition coefficient (Wildman–Crippen LogP) is 2.09. The summed E-state index contributed by atoms with van der Waals surface area (Å²) in [6.07, 6.45) is 0.473. The van der Waals surface area contributed by atoms with E-state index in [0.29, 0.717) is 31.1 Å². The molecule has 1 aromatic carbocycles. The van der Waals surface area contributed by atoms with E-state index in [1.54, 1.807) is 0 Å². The zero-order valence-corrected chi connectivity index (χ0v) is 12.0. The summed E-state index contributed by atoms with van der Waals surface area (Å²) < 4.78 is 0.969. The molecule has 0 amide bonds. The first-order valence-electron chi connectivity index (χ1n) is 5.59. The zero-order valence-electron chi connectivity index (χ0n) is 9.70. The molecule has 0 saturated carbocycles. The first-order valence-corrected chi connectivity index (χ1v) is 6.76. The van der Waals surface area contributed by atoms with Gasteiger partial charge in [-0.2, -0.15) is 0 Å². The second-order valence-electron chi connectivity index (χ2n) is 4.66. The summed E-state index contributed by atoms with van der Waals surface area (Å²) >= 11 is 9.41. The van der Waals surface area contributed by atoms with Crippen LogP contribution in [0.25, 0.3) is 0 Å². The molecular weight excluding hydrogens is 320 g/mol. The molecule has 18 heavy (non-hydrogen) atoms. The van der Waals surface area contributed by atoms with Crippen molar-refractivity contribution in [2.24, 2.45) is 5.73 Å². The molecular formula is C12H14BrClN2O2. The summed E-state index contributed by atoms with van der Waals surface area (Å²) in [6, 6.07) is 5.58. The number of aliphatic carboxylic acids is 1. The number of nitrogens with two attached hydrogens (primary N) is 1. The van der Waals surface area contributed by atoms with Crippen molar-refractivity contribution in [3.05, 3.63) is 33.3 Å². The van der Waals surface area contributed by atoms with Crippen molar-refractivity contribution in [2.45, 2.75) is 18.5 Å². The highest BCUT2D eigenvalue weighted by Crippen LogP contribution is 2.26. The van der Waals surface area contributed by atoms with Gasteiger partial charge in [-0.1, -0.05) is 27.5 Å². The number of halogens is 2. The smallest absolute Gasteiger partial charge is 0.325 e. The Morgan fingerprint density at radius 3 is 2.94 bits per heavy atom. The first kappa shape index (κ1) is 13.8. The Morgan fingerprint density at radius 2 is 2.33 bits per heavy atom. The number of nitrogens with zero attached hydrogens (tertiary/aromatic N) is 1. The number of hydrogen-bond acceptors (Lipinski definition) is 3. The van der Waals surface area contributed by atoms with E-state index < -0.39 is 11.5 Å². The van der Waals surface area contributed by atoms with E-state index >= 15 is 0 Å². The zero-order chi connectivity index (χ0) is 13.3. The molecule has 3 N–H and O–H groups in total. The van der Waals surface area contributed by atoms with Crippen LogP contribution in [0.4, 0.5) is 0 Å². The molecule has 1 fully saturated rings. The van der Waals surface area contributed by atoms with Gasteiger partial charge in [0.1, 0.15) is 5.54 Å². The van der Waals surface area contributed by atoms with Crippen LogP contribution in [0.1, 0.15) is 12.0 Å². The van der Waals surface area contributed by atoms with Crippen LogP contribution in [0, 0.1) is 0 Å². The third-order valence-corrected chi connectivity index (χ3v) is 4.22. The fourth-order valence-electron chi connectivity index (χ4n) is 2.13. The third kappa shape index (κ3) is 2.85. The lowest BCUT2D eigenvalue weighted by Crippen LogP contribution is -2.50. The van der Waals surface area contributed by atoms with Gasteiger partial charge in [-0.3, -0.25) is 9.69 Å². The van der Waals surface area contributed by atoms with Gasteiger partial charge in [0.2, 0.25) is 0 Å². The molecule has 1 aliphatic rings. The lowest BCUT2D eigenvalue weighted by molar-refractivity contribution is -0.142. The van der Waals surface area contributed by atoms with Crippen molar-refractivity contribution in [2.75, 3.05) is 13.1 Å². The van der Waals surface area contributed by atoms with Gasteiger partial charge >= 0.3 is 5.97 Å². The van der Waals surface area contributed by atoms with Gasteiger partial charge in [-0.05, 0) is 30.2 Å². The van der Waals surface area contributed by atoms with Crippen LogP contribution in [-0.2, 0) is 11.3 Å². The second-order valence-corrected chi connectivity index (χ2v) is 5.95. The molecule has 1 aliphatic heterocycles. The van der Waals surface area contributed by atoms with Crippen LogP contribution in [0.5, 0.6) is 0 Å². The minimum atomic E-state index is -1.12. The molecule has 2 rings (SSSR count). The molecule has 1 heterocycles. The van der Waals surface area contributed by atoms with Gasteiger partial charge in [0.05, 0.1) is 0 Å².